The Hall–Kier alpha value is -1.63. The number of hydrogen-bond acceptors (Lipinski definition) is 6. The number of piperazine rings is 1. The highest BCUT2D eigenvalue weighted by atomic mass is 16.5. The summed E-state index contributed by atoms with van der Waals surface area (Å²) in [5, 5.41) is 19.8. The van der Waals surface area contributed by atoms with Gasteiger partial charge < -0.3 is 24.7 Å². The fraction of sp³-hybridized carbons (Fsp3) is 0.562. The Morgan fingerprint density at radius 3 is 2.32 bits per heavy atom. The number of benzene rings is 1. The van der Waals surface area contributed by atoms with Crippen molar-refractivity contribution in [1.29, 1.82) is 0 Å². The predicted molar refractivity (Wildman–Crippen MR) is 83.8 cm³/mol. The number of ether oxygens (including phenoxy) is 1. The summed E-state index contributed by atoms with van der Waals surface area (Å²) in [5.74, 6) is -0.807. The van der Waals surface area contributed by atoms with Crippen LogP contribution in [0.5, 0.6) is 0 Å². The quantitative estimate of drug-likeness (QED) is 0.767. The Morgan fingerprint density at radius 2 is 1.77 bits per heavy atom. The first-order valence-corrected chi connectivity index (χ1v) is 7.59. The number of hydrogen-bond donors (Lipinski definition) is 2. The second kappa shape index (κ2) is 7.58. The van der Waals surface area contributed by atoms with Gasteiger partial charge in [-0.3, -0.25) is 0 Å². The van der Waals surface area contributed by atoms with Gasteiger partial charge in [0.2, 0.25) is 0 Å². The number of aliphatic hydroxyl groups excluding tert-OH is 2. The minimum Gasteiger partial charge on any atom is -0.464 e. The fourth-order valence-electron chi connectivity index (χ4n) is 2.49. The van der Waals surface area contributed by atoms with Crippen molar-refractivity contribution in [3.8, 4) is 0 Å². The van der Waals surface area contributed by atoms with Crippen LogP contribution in [0.4, 0.5) is 5.69 Å². The molecule has 1 fully saturated rings. The van der Waals surface area contributed by atoms with Gasteiger partial charge in [-0.2, -0.15) is 0 Å². The van der Waals surface area contributed by atoms with Crippen LogP contribution in [0.3, 0.4) is 0 Å². The van der Waals surface area contributed by atoms with Crippen molar-refractivity contribution in [1.82, 2.24) is 4.90 Å². The Labute approximate surface area is 130 Å². The first kappa shape index (κ1) is 16.7. The number of nitrogens with zero attached hydrogens (tertiary/aromatic N) is 2. The zero-order valence-corrected chi connectivity index (χ0v) is 13.1. The topological polar surface area (TPSA) is 73.2 Å². The molecule has 1 aromatic rings. The molecule has 6 nitrogen and oxygen atoms in total. The molecule has 0 aromatic heterocycles. The molecule has 2 N–H and O–H groups in total. The summed E-state index contributed by atoms with van der Waals surface area (Å²) in [5.41, 5.74) is 1.58. The Bertz CT molecular complexity index is 483. The van der Waals surface area contributed by atoms with Crippen molar-refractivity contribution >= 4 is 11.7 Å². The van der Waals surface area contributed by atoms with Gasteiger partial charge in [0.05, 0.1) is 6.61 Å². The zero-order chi connectivity index (χ0) is 16.1. The van der Waals surface area contributed by atoms with E-state index >= 15 is 0 Å². The lowest BCUT2D eigenvalue weighted by Crippen LogP contribution is -2.44. The van der Waals surface area contributed by atoms with Crippen molar-refractivity contribution in [3.05, 3.63) is 29.8 Å². The molecule has 2 unspecified atom stereocenters. The van der Waals surface area contributed by atoms with Gasteiger partial charge >= 0.3 is 5.97 Å². The van der Waals surface area contributed by atoms with Crippen LogP contribution in [0, 0.1) is 0 Å². The summed E-state index contributed by atoms with van der Waals surface area (Å²) in [6.07, 6.45) is -2.84. The average molecular weight is 308 g/mol. The average Bonchev–Trinajstić information content (AvgIpc) is 2.54. The smallest absolute Gasteiger partial charge is 0.338 e. The number of esters is 1. The number of likely N-dealkylation sites (N-methyl/N-ethyl adjacent to an activating group) is 1. The van der Waals surface area contributed by atoms with Gasteiger partial charge in [-0.25, -0.2) is 4.79 Å². The van der Waals surface area contributed by atoms with Crippen LogP contribution in [0.2, 0.25) is 0 Å². The summed E-state index contributed by atoms with van der Waals surface area (Å²) < 4.78 is 4.71. The largest absolute Gasteiger partial charge is 0.464 e. The molecule has 0 saturated carbocycles. The van der Waals surface area contributed by atoms with E-state index in [-0.39, 0.29) is 6.61 Å². The lowest BCUT2D eigenvalue weighted by molar-refractivity contribution is -0.159. The van der Waals surface area contributed by atoms with Gasteiger partial charge in [-0.05, 0) is 31.7 Å². The van der Waals surface area contributed by atoms with Gasteiger partial charge in [-0.15, -0.1) is 0 Å². The molecular weight excluding hydrogens is 284 g/mol. The summed E-state index contributed by atoms with van der Waals surface area (Å²) in [7, 11) is 2.10. The molecule has 0 radical (unpaired) electrons. The van der Waals surface area contributed by atoms with Crippen LogP contribution in [0.1, 0.15) is 18.6 Å². The molecule has 122 valence electrons. The first-order valence-electron chi connectivity index (χ1n) is 7.59. The van der Waals surface area contributed by atoms with E-state index in [9.17, 15) is 15.0 Å². The van der Waals surface area contributed by atoms with Crippen LogP contribution in [0.25, 0.3) is 0 Å². The fourth-order valence-corrected chi connectivity index (χ4v) is 2.49. The highest BCUT2D eigenvalue weighted by molar-refractivity contribution is 5.75. The third kappa shape index (κ3) is 3.97. The molecule has 1 aliphatic rings. The highest BCUT2D eigenvalue weighted by Gasteiger charge is 2.27. The summed E-state index contributed by atoms with van der Waals surface area (Å²) in [6, 6.07) is 7.28. The van der Waals surface area contributed by atoms with E-state index < -0.39 is 18.2 Å². The van der Waals surface area contributed by atoms with Crippen LogP contribution in [0.15, 0.2) is 24.3 Å². The molecule has 1 aliphatic heterocycles. The minimum atomic E-state index is -1.56. The molecule has 1 saturated heterocycles. The summed E-state index contributed by atoms with van der Waals surface area (Å²) in [4.78, 5) is 16.0. The lowest BCUT2D eigenvalue weighted by atomic mass is 10.0. The minimum absolute atomic E-state index is 0.172. The second-order valence-corrected chi connectivity index (χ2v) is 5.52. The second-order valence-electron chi connectivity index (χ2n) is 5.52. The molecule has 0 spiro atoms. The maximum Gasteiger partial charge on any atom is 0.338 e. The maximum atomic E-state index is 11.5. The van der Waals surface area contributed by atoms with E-state index in [0.717, 1.165) is 31.9 Å². The first-order chi connectivity index (χ1) is 10.5. The van der Waals surface area contributed by atoms with Gasteiger partial charge in [0.15, 0.2) is 6.10 Å². The normalized spacial score (nSPS) is 18.8. The predicted octanol–water partition coefficient (Wildman–Crippen LogP) is 0.396. The number of carbonyl (C=O) groups excluding carboxylic acids is 1. The molecule has 2 atom stereocenters. The molecule has 1 aromatic carbocycles. The van der Waals surface area contributed by atoms with E-state index in [2.05, 4.69) is 16.8 Å². The third-order valence-corrected chi connectivity index (χ3v) is 3.93. The van der Waals surface area contributed by atoms with Crippen molar-refractivity contribution in [2.24, 2.45) is 0 Å². The van der Waals surface area contributed by atoms with Crippen molar-refractivity contribution in [2.75, 3.05) is 44.7 Å². The molecule has 6 heteroatoms. The SMILES string of the molecule is CCOC(=O)C(O)C(O)c1ccc(N2CCN(C)CC2)cc1. The molecular formula is C16H24N2O4. The maximum absolute atomic E-state index is 11.5. The van der Waals surface area contributed by atoms with E-state index in [1.807, 2.05) is 12.1 Å². The summed E-state index contributed by atoms with van der Waals surface area (Å²) in [6.45, 7) is 5.79. The monoisotopic (exact) mass is 308 g/mol. The number of aliphatic hydroxyl groups is 2. The van der Waals surface area contributed by atoms with Gasteiger partial charge in [0, 0.05) is 31.9 Å². The number of anilines is 1. The lowest BCUT2D eigenvalue weighted by Gasteiger charge is -2.34. The standard InChI is InChI=1S/C16H24N2O4/c1-3-22-16(21)15(20)14(19)12-4-6-13(7-5-12)18-10-8-17(2)9-11-18/h4-7,14-15,19-20H,3,8-11H2,1-2H3. The van der Waals surface area contributed by atoms with Crippen molar-refractivity contribution < 1.29 is 19.7 Å². The van der Waals surface area contributed by atoms with E-state index in [0.29, 0.717) is 5.56 Å². The molecule has 0 amide bonds. The molecule has 0 aliphatic carbocycles. The Morgan fingerprint density at radius 1 is 1.18 bits per heavy atom. The van der Waals surface area contributed by atoms with E-state index in [1.54, 1.807) is 19.1 Å². The van der Waals surface area contributed by atoms with E-state index in [1.165, 1.54) is 0 Å². The molecule has 0 bridgehead atoms. The Balaban J connectivity index is 2.00. The highest BCUT2D eigenvalue weighted by Crippen LogP contribution is 2.22. The molecule has 1 heterocycles. The van der Waals surface area contributed by atoms with Gasteiger partial charge in [0.1, 0.15) is 6.10 Å². The summed E-state index contributed by atoms with van der Waals surface area (Å²) >= 11 is 0. The molecule has 22 heavy (non-hydrogen) atoms. The van der Waals surface area contributed by atoms with Crippen LogP contribution < -0.4 is 4.90 Å². The van der Waals surface area contributed by atoms with Crippen molar-refractivity contribution in [2.45, 2.75) is 19.1 Å². The van der Waals surface area contributed by atoms with Crippen LogP contribution in [-0.4, -0.2) is 67.0 Å². The third-order valence-electron chi connectivity index (χ3n) is 3.93. The number of carbonyl (C=O) groups is 1. The number of rotatable bonds is 5. The zero-order valence-electron chi connectivity index (χ0n) is 13.1. The van der Waals surface area contributed by atoms with Crippen LogP contribution >= 0.6 is 0 Å². The van der Waals surface area contributed by atoms with E-state index in [4.69, 9.17) is 4.74 Å². The van der Waals surface area contributed by atoms with Crippen LogP contribution in [-0.2, 0) is 9.53 Å². The molecule has 2 rings (SSSR count). The van der Waals surface area contributed by atoms with Crippen molar-refractivity contribution in [3.63, 3.8) is 0 Å². The van der Waals surface area contributed by atoms with Gasteiger partial charge in [-0.1, -0.05) is 12.1 Å². The Kier molecular flexibility index (Phi) is 5.76. The van der Waals surface area contributed by atoms with Gasteiger partial charge in [0.25, 0.3) is 0 Å².